The van der Waals surface area contributed by atoms with Crippen LogP contribution in [-0.4, -0.2) is 26.4 Å². The lowest BCUT2D eigenvalue weighted by Crippen LogP contribution is -2.40. The molecule has 0 fully saturated rings. The minimum absolute atomic E-state index is 0.119. The van der Waals surface area contributed by atoms with Gasteiger partial charge in [-0.05, 0) is 81.6 Å². The first-order chi connectivity index (χ1) is 12.6. The molecular formula is C20H23BrN2O3S. The third-order valence-corrected chi connectivity index (χ3v) is 6.52. The van der Waals surface area contributed by atoms with Gasteiger partial charge in [-0.1, -0.05) is 15.9 Å². The lowest BCUT2D eigenvalue weighted by Gasteiger charge is -2.29. The summed E-state index contributed by atoms with van der Waals surface area (Å²) in [5.74, 6) is -0.119. The summed E-state index contributed by atoms with van der Waals surface area (Å²) in [5.41, 5.74) is 1.96. The van der Waals surface area contributed by atoms with Gasteiger partial charge in [-0.3, -0.25) is 4.79 Å². The molecule has 7 heteroatoms. The highest BCUT2D eigenvalue weighted by atomic mass is 79.9. The van der Waals surface area contributed by atoms with Crippen molar-refractivity contribution in [2.75, 3.05) is 11.4 Å². The topological polar surface area (TPSA) is 66.5 Å². The number of hydrogen-bond acceptors (Lipinski definition) is 3. The fraction of sp³-hybridized carbons (Fsp3) is 0.350. The minimum Gasteiger partial charge on any atom is -0.308 e. The van der Waals surface area contributed by atoms with Crippen LogP contribution >= 0.6 is 15.9 Å². The lowest BCUT2D eigenvalue weighted by atomic mass is 10.0. The van der Waals surface area contributed by atoms with Crippen LogP contribution in [0.15, 0.2) is 51.8 Å². The molecule has 0 saturated heterocycles. The molecule has 0 aromatic heterocycles. The third kappa shape index (κ3) is 4.59. The van der Waals surface area contributed by atoms with Crippen molar-refractivity contribution in [3.8, 4) is 0 Å². The fourth-order valence-corrected chi connectivity index (χ4v) is 5.00. The second-order valence-electron chi connectivity index (χ2n) is 7.71. The van der Waals surface area contributed by atoms with Gasteiger partial charge in [0.1, 0.15) is 0 Å². The maximum Gasteiger partial charge on any atom is 0.258 e. The molecule has 0 unspecified atom stereocenters. The predicted molar refractivity (Wildman–Crippen MR) is 111 cm³/mol. The Morgan fingerprint density at radius 2 is 1.78 bits per heavy atom. The first kappa shape index (κ1) is 20.0. The Hall–Kier alpha value is -1.70. The zero-order chi connectivity index (χ0) is 19.8. The maximum absolute atomic E-state index is 13.0. The van der Waals surface area contributed by atoms with Gasteiger partial charge in [-0.15, -0.1) is 0 Å². The van der Waals surface area contributed by atoms with Gasteiger partial charge in [0.2, 0.25) is 10.0 Å². The van der Waals surface area contributed by atoms with Gasteiger partial charge in [-0.25, -0.2) is 13.1 Å². The van der Waals surface area contributed by atoms with Crippen LogP contribution in [0.3, 0.4) is 0 Å². The molecule has 0 bridgehead atoms. The fourth-order valence-electron chi connectivity index (χ4n) is 3.17. The Bertz CT molecular complexity index is 964. The van der Waals surface area contributed by atoms with E-state index in [4.69, 9.17) is 0 Å². The molecular weight excluding hydrogens is 428 g/mol. The molecule has 0 atom stereocenters. The quantitative estimate of drug-likeness (QED) is 0.764. The van der Waals surface area contributed by atoms with Gasteiger partial charge in [0.15, 0.2) is 0 Å². The Labute approximate surface area is 169 Å². The number of hydrogen-bond donors (Lipinski definition) is 1. The molecule has 27 heavy (non-hydrogen) atoms. The molecule has 0 saturated carbocycles. The van der Waals surface area contributed by atoms with Crippen LogP contribution in [0.1, 0.15) is 43.1 Å². The molecule has 1 heterocycles. The average molecular weight is 451 g/mol. The van der Waals surface area contributed by atoms with Crippen molar-refractivity contribution in [1.82, 2.24) is 4.72 Å². The number of fused-ring (bicyclic) bond motifs is 1. The second-order valence-corrected chi connectivity index (χ2v) is 10.3. The summed E-state index contributed by atoms with van der Waals surface area (Å²) < 4.78 is 28.4. The molecule has 2 aromatic carbocycles. The van der Waals surface area contributed by atoms with E-state index in [-0.39, 0.29) is 10.8 Å². The normalized spacial score (nSPS) is 14.7. The zero-order valence-corrected chi connectivity index (χ0v) is 18.0. The van der Waals surface area contributed by atoms with Crippen molar-refractivity contribution in [2.24, 2.45) is 0 Å². The molecule has 0 spiro atoms. The number of carbonyl (C=O) groups excluding carboxylic acids is 1. The van der Waals surface area contributed by atoms with Gasteiger partial charge in [0.25, 0.3) is 5.91 Å². The number of aryl methyl sites for hydroxylation is 1. The van der Waals surface area contributed by atoms with Gasteiger partial charge < -0.3 is 4.90 Å². The van der Waals surface area contributed by atoms with Crippen LogP contribution < -0.4 is 9.62 Å². The highest BCUT2D eigenvalue weighted by Gasteiger charge is 2.25. The number of nitrogens with one attached hydrogen (secondary N) is 1. The third-order valence-electron chi connectivity index (χ3n) is 4.26. The molecule has 1 amide bonds. The van der Waals surface area contributed by atoms with Gasteiger partial charge in [-0.2, -0.15) is 0 Å². The van der Waals surface area contributed by atoms with Crippen molar-refractivity contribution in [3.63, 3.8) is 0 Å². The summed E-state index contributed by atoms with van der Waals surface area (Å²) in [6.45, 7) is 6.01. The van der Waals surface area contributed by atoms with Crippen molar-refractivity contribution < 1.29 is 13.2 Å². The SMILES string of the molecule is CC(C)(C)NS(=O)(=O)c1ccc(C(=O)N2CCCc3cc(Br)ccc32)cc1. The molecule has 144 valence electrons. The van der Waals surface area contributed by atoms with Crippen molar-refractivity contribution in [2.45, 2.75) is 44.0 Å². The molecule has 3 rings (SSSR count). The van der Waals surface area contributed by atoms with E-state index in [1.165, 1.54) is 12.1 Å². The molecule has 0 aliphatic carbocycles. The van der Waals surface area contributed by atoms with E-state index in [9.17, 15) is 13.2 Å². The van der Waals surface area contributed by atoms with E-state index >= 15 is 0 Å². The molecule has 1 aliphatic rings. The van der Waals surface area contributed by atoms with Crippen LogP contribution in [-0.2, 0) is 16.4 Å². The van der Waals surface area contributed by atoms with E-state index in [0.717, 1.165) is 28.6 Å². The maximum atomic E-state index is 13.0. The summed E-state index contributed by atoms with van der Waals surface area (Å²) >= 11 is 3.47. The lowest BCUT2D eigenvalue weighted by molar-refractivity contribution is 0.0985. The summed E-state index contributed by atoms with van der Waals surface area (Å²) in [5, 5.41) is 0. The number of carbonyl (C=O) groups is 1. The van der Waals surface area contributed by atoms with E-state index in [1.54, 1.807) is 37.8 Å². The van der Waals surface area contributed by atoms with Crippen molar-refractivity contribution in [1.29, 1.82) is 0 Å². The Morgan fingerprint density at radius 1 is 1.11 bits per heavy atom. The standard InChI is InChI=1S/C20H23BrN2O3S/c1-20(2,3)22-27(25,26)17-9-6-14(7-10-17)19(24)23-12-4-5-15-13-16(21)8-11-18(15)23/h6-11,13,22H,4-5,12H2,1-3H3. The van der Waals surface area contributed by atoms with E-state index in [0.29, 0.717) is 12.1 Å². The Balaban J connectivity index is 1.86. The van der Waals surface area contributed by atoms with E-state index in [2.05, 4.69) is 20.7 Å². The monoisotopic (exact) mass is 450 g/mol. The van der Waals surface area contributed by atoms with Gasteiger partial charge >= 0.3 is 0 Å². The van der Waals surface area contributed by atoms with Crippen LogP contribution in [0.2, 0.25) is 0 Å². The number of nitrogens with zero attached hydrogens (tertiary/aromatic N) is 1. The summed E-state index contributed by atoms with van der Waals surface area (Å²) in [4.78, 5) is 14.9. The van der Waals surface area contributed by atoms with E-state index in [1.807, 2.05) is 18.2 Å². The number of amides is 1. The smallest absolute Gasteiger partial charge is 0.258 e. The first-order valence-electron chi connectivity index (χ1n) is 8.81. The van der Waals surface area contributed by atoms with Gasteiger partial charge in [0.05, 0.1) is 4.90 Å². The van der Waals surface area contributed by atoms with E-state index < -0.39 is 15.6 Å². The molecule has 1 N–H and O–H groups in total. The number of anilines is 1. The summed E-state index contributed by atoms with van der Waals surface area (Å²) in [6, 6.07) is 12.0. The Morgan fingerprint density at radius 3 is 2.41 bits per heavy atom. The van der Waals surface area contributed by atoms with Crippen LogP contribution in [0.25, 0.3) is 0 Å². The molecule has 5 nitrogen and oxygen atoms in total. The summed E-state index contributed by atoms with van der Waals surface area (Å²) in [7, 11) is -3.62. The molecule has 0 radical (unpaired) electrons. The van der Waals surface area contributed by atoms with Crippen LogP contribution in [0.5, 0.6) is 0 Å². The predicted octanol–water partition coefficient (Wildman–Crippen LogP) is 4.12. The largest absolute Gasteiger partial charge is 0.308 e. The highest BCUT2D eigenvalue weighted by molar-refractivity contribution is 9.10. The first-order valence-corrected chi connectivity index (χ1v) is 11.1. The number of rotatable bonds is 3. The number of halogens is 1. The summed E-state index contributed by atoms with van der Waals surface area (Å²) in [6.07, 6.45) is 1.84. The highest BCUT2D eigenvalue weighted by Crippen LogP contribution is 2.31. The Kier molecular flexibility index (Phi) is 5.47. The molecule has 2 aromatic rings. The average Bonchev–Trinajstić information content (AvgIpc) is 2.58. The van der Waals surface area contributed by atoms with Crippen LogP contribution in [0.4, 0.5) is 5.69 Å². The number of sulfonamides is 1. The molecule has 1 aliphatic heterocycles. The zero-order valence-electron chi connectivity index (χ0n) is 15.6. The minimum atomic E-state index is -3.62. The number of benzene rings is 2. The van der Waals surface area contributed by atoms with Crippen molar-refractivity contribution >= 4 is 37.5 Å². The second kappa shape index (κ2) is 7.37. The van der Waals surface area contributed by atoms with Crippen molar-refractivity contribution in [3.05, 3.63) is 58.1 Å². The van der Waals surface area contributed by atoms with Gasteiger partial charge in [0, 0.05) is 27.8 Å². The van der Waals surface area contributed by atoms with Crippen LogP contribution in [0, 0.1) is 0 Å².